The molecule has 0 saturated carbocycles. The molecular weight excluding hydrogens is 328 g/mol. The smallest absolute Gasteiger partial charge is 0.231 e. The molecule has 1 amide bonds. The quantitative estimate of drug-likeness (QED) is 0.517. The number of amides is 1. The lowest BCUT2D eigenvalue weighted by Gasteiger charge is -2.32. The molecule has 25 heavy (non-hydrogen) atoms. The normalized spacial score (nSPS) is 16.7. The van der Waals surface area contributed by atoms with Crippen LogP contribution < -0.4 is 16.4 Å². The zero-order valence-corrected chi connectivity index (χ0v) is 14.4. The lowest BCUT2D eigenvalue weighted by atomic mass is 10.1. The Balaban J connectivity index is 1.74. The Morgan fingerprint density at radius 2 is 2.08 bits per heavy atom. The zero-order valence-electron chi connectivity index (χ0n) is 14.4. The van der Waals surface area contributed by atoms with E-state index < -0.39 is 11.6 Å². The summed E-state index contributed by atoms with van der Waals surface area (Å²) in [5.41, 5.74) is 5.54. The fourth-order valence-corrected chi connectivity index (χ4v) is 2.90. The molecule has 0 spiro atoms. The van der Waals surface area contributed by atoms with Crippen molar-refractivity contribution in [3.8, 4) is 0 Å². The largest absolute Gasteiger partial charge is 0.369 e. The average Bonchev–Trinajstić information content (AvgIpc) is 2.59. The minimum absolute atomic E-state index is 0.251. The summed E-state index contributed by atoms with van der Waals surface area (Å²) in [7, 11) is 1.67. The van der Waals surface area contributed by atoms with E-state index in [0.717, 1.165) is 32.0 Å². The zero-order chi connectivity index (χ0) is 18.2. The van der Waals surface area contributed by atoms with Crippen molar-refractivity contribution in [1.82, 2.24) is 15.5 Å². The molecule has 1 aliphatic rings. The second-order valence-electron chi connectivity index (χ2n) is 6.12. The molecule has 0 bridgehead atoms. The summed E-state index contributed by atoms with van der Waals surface area (Å²) in [6, 6.07) is 4.43. The molecule has 8 heteroatoms. The van der Waals surface area contributed by atoms with Crippen LogP contribution in [0.5, 0.6) is 0 Å². The summed E-state index contributed by atoms with van der Waals surface area (Å²) >= 11 is 0. The van der Waals surface area contributed by atoms with E-state index in [1.807, 2.05) is 4.90 Å². The summed E-state index contributed by atoms with van der Waals surface area (Å²) in [4.78, 5) is 17.1. The Morgan fingerprint density at radius 1 is 1.36 bits per heavy atom. The van der Waals surface area contributed by atoms with Gasteiger partial charge >= 0.3 is 0 Å². The SMILES string of the molecule is CN=C(NCCc1cccc(F)c1F)NC1CCN(CC(N)=O)CC1. The van der Waals surface area contributed by atoms with E-state index in [-0.39, 0.29) is 11.9 Å². The molecule has 1 aliphatic heterocycles. The molecule has 1 aromatic rings. The number of carbonyl (C=O) groups is 1. The van der Waals surface area contributed by atoms with Gasteiger partial charge in [0.1, 0.15) is 0 Å². The minimum Gasteiger partial charge on any atom is -0.369 e. The highest BCUT2D eigenvalue weighted by atomic mass is 19.2. The number of nitrogens with one attached hydrogen (secondary N) is 2. The predicted octanol–water partition coefficient (Wildman–Crippen LogP) is 0.622. The molecule has 0 aromatic heterocycles. The van der Waals surface area contributed by atoms with Crippen molar-refractivity contribution in [3.63, 3.8) is 0 Å². The molecule has 0 radical (unpaired) electrons. The second-order valence-corrected chi connectivity index (χ2v) is 6.12. The van der Waals surface area contributed by atoms with E-state index >= 15 is 0 Å². The number of piperidine rings is 1. The number of likely N-dealkylation sites (tertiary alicyclic amines) is 1. The van der Waals surface area contributed by atoms with E-state index in [0.29, 0.717) is 31.0 Å². The van der Waals surface area contributed by atoms with Crippen LogP contribution >= 0.6 is 0 Å². The molecule has 1 saturated heterocycles. The molecule has 4 N–H and O–H groups in total. The van der Waals surface area contributed by atoms with Crippen molar-refractivity contribution in [2.24, 2.45) is 10.7 Å². The van der Waals surface area contributed by atoms with Crippen LogP contribution in [-0.4, -0.2) is 56.0 Å². The first-order valence-corrected chi connectivity index (χ1v) is 8.40. The van der Waals surface area contributed by atoms with Crippen LogP contribution in [0, 0.1) is 11.6 Å². The van der Waals surface area contributed by atoms with Crippen LogP contribution in [0.25, 0.3) is 0 Å². The Labute approximate surface area is 146 Å². The van der Waals surface area contributed by atoms with Crippen LogP contribution in [0.1, 0.15) is 18.4 Å². The number of nitrogens with two attached hydrogens (primary N) is 1. The fraction of sp³-hybridized carbons (Fsp3) is 0.529. The monoisotopic (exact) mass is 353 g/mol. The maximum Gasteiger partial charge on any atom is 0.231 e. The number of guanidine groups is 1. The first-order chi connectivity index (χ1) is 12.0. The maximum absolute atomic E-state index is 13.6. The van der Waals surface area contributed by atoms with E-state index in [1.165, 1.54) is 6.07 Å². The third-order valence-corrected chi connectivity index (χ3v) is 4.25. The average molecular weight is 353 g/mol. The number of benzene rings is 1. The minimum atomic E-state index is -0.831. The number of nitrogens with zero attached hydrogens (tertiary/aromatic N) is 2. The van der Waals surface area contributed by atoms with Gasteiger partial charge < -0.3 is 16.4 Å². The van der Waals surface area contributed by atoms with Crippen LogP contribution in [0.4, 0.5) is 8.78 Å². The summed E-state index contributed by atoms with van der Waals surface area (Å²) in [6.07, 6.45) is 2.13. The van der Waals surface area contributed by atoms with Gasteiger partial charge in [0.05, 0.1) is 6.54 Å². The van der Waals surface area contributed by atoms with Crippen LogP contribution in [0.3, 0.4) is 0 Å². The highest BCUT2D eigenvalue weighted by molar-refractivity contribution is 5.80. The molecule has 138 valence electrons. The summed E-state index contributed by atoms with van der Waals surface area (Å²) in [5.74, 6) is -1.31. The summed E-state index contributed by atoms with van der Waals surface area (Å²) < 4.78 is 26.8. The van der Waals surface area contributed by atoms with E-state index in [1.54, 1.807) is 13.1 Å². The lowest BCUT2D eigenvalue weighted by molar-refractivity contribution is -0.119. The van der Waals surface area contributed by atoms with Gasteiger partial charge in [-0.15, -0.1) is 0 Å². The predicted molar refractivity (Wildman–Crippen MR) is 93.2 cm³/mol. The highest BCUT2D eigenvalue weighted by Gasteiger charge is 2.20. The molecule has 0 aliphatic carbocycles. The molecule has 6 nitrogen and oxygen atoms in total. The number of primary amides is 1. The van der Waals surface area contributed by atoms with E-state index in [9.17, 15) is 13.6 Å². The standard InChI is InChI=1S/C17H25F2N5O/c1-21-17(22-8-5-12-3-2-4-14(18)16(12)19)23-13-6-9-24(10-7-13)11-15(20)25/h2-4,13H,5-11H2,1H3,(H2,20,25)(H2,21,22,23). The van der Waals surface area contributed by atoms with Gasteiger partial charge in [-0.3, -0.25) is 14.7 Å². The van der Waals surface area contributed by atoms with Crippen molar-refractivity contribution in [3.05, 3.63) is 35.4 Å². The lowest BCUT2D eigenvalue weighted by Crippen LogP contribution is -2.50. The van der Waals surface area contributed by atoms with Crippen molar-refractivity contribution < 1.29 is 13.6 Å². The fourth-order valence-electron chi connectivity index (χ4n) is 2.90. The first kappa shape index (κ1) is 19.1. The van der Waals surface area contributed by atoms with Crippen LogP contribution in [-0.2, 0) is 11.2 Å². The van der Waals surface area contributed by atoms with Gasteiger partial charge in [-0.2, -0.15) is 0 Å². The number of hydrogen-bond acceptors (Lipinski definition) is 3. The van der Waals surface area contributed by atoms with Gasteiger partial charge in [-0.25, -0.2) is 8.78 Å². The van der Waals surface area contributed by atoms with Crippen LogP contribution in [0.2, 0.25) is 0 Å². The Morgan fingerprint density at radius 3 is 2.72 bits per heavy atom. The first-order valence-electron chi connectivity index (χ1n) is 8.40. The molecule has 1 fully saturated rings. The Hall–Kier alpha value is -2.22. The van der Waals surface area contributed by atoms with Crippen LogP contribution in [0.15, 0.2) is 23.2 Å². The number of halogens is 2. The maximum atomic E-state index is 13.6. The van der Waals surface area contributed by atoms with Crippen molar-refractivity contribution in [2.75, 3.05) is 33.2 Å². The molecule has 0 atom stereocenters. The molecule has 1 aromatic carbocycles. The van der Waals surface area contributed by atoms with Gasteiger partial charge in [0.2, 0.25) is 5.91 Å². The third kappa shape index (κ3) is 5.97. The van der Waals surface area contributed by atoms with Gasteiger partial charge in [-0.05, 0) is 30.9 Å². The van der Waals surface area contributed by atoms with Gasteiger partial charge in [-0.1, -0.05) is 12.1 Å². The third-order valence-electron chi connectivity index (χ3n) is 4.25. The molecule has 0 unspecified atom stereocenters. The topological polar surface area (TPSA) is 82.8 Å². The number of hydrogen-bond donors (Lipinski definition) is 3. The summed E-state index contributed by atoms with van der Waals surface area (Å²) in [6.45, 7) is 2.33. The summed E-state index contributed by atoms with van der Waals surface area (Å²) in [5, 5.41) is 6.44. The Bertz CT molecular complexity index is 615. The Kier molecular flexibility index (Phi) is 7.12. The van der Waals surface area contributed by atoms with Crippen molar-refractivity contribution >= 4 is 11.9 Å². The van der Waals surface area contributed by atoms with E-state index in [2.05, 4.69) is 15.6 Å². The highest BCUT2D eigenvalue weighted by Crippen LogP contribution is 2.12. The van der Waals surface area contributed by atoms with E-state index in [4.69, 9.17) is 5.73 Å². The second kappa shape index (κ2) is 9.31. The molecular formula is C17H25F2N5O. The van der Waals surface area contributed by atoms with Gasteiger partial charge in [0.25, 0.3) is 0 Å². The number of rotatable bonds is 6. The van der Waals surface area contributed by atoms with Crippen molar-refractivity contribution in [1.29, 1.82) is 0 Å². The number of aliphatic imine (C=N–C) groups is 1. The number of carbonyl (C=O) groups excluding carboxylic acids is 1. The van der Waals surface area contributed by atoms with Crippen molar-refractivity contribution in [2.45, 2.75) is 25.3 Å². The van der Waals surface area contributed by atoms with Gasteiger partial charge in [0, 0.05) is 32.7 Å². The molecule has 2 rings (SSSR count). The van der Waals surface area contributed by atoms with Gasteiger partial charge in [0.15, 0.2) is 17.6 Å². The molecule has 1 heterocycles.